The Morgan fingerprint density at radius 2 is 1.35 bits per heavy atom. The van der Waals surface area contributed by atoms with E-state index in [2.05, 4.69) is 104 Å². The molecule has 5 aliphatic carbocycles. The fourth-order valence-corrected chi connectivity index (χ4v) is 17.4. The Hall–Kier alpha value is -1.12. The highest BCUT2D eigenvalue weighted by Crippen LogP contribution is 2.63. The molecule has 0 aliphatic heterocycles. The van der Waals surface area contributed by atoms with Crippen LogP contribution < -0.4 is 0 Å². The van der Waals surface area contributed by atoms with Gasteiger partial charge in [0.15, 0.2) is 0 Å². The van der Waals surface area contributed by atoms with E-state index in [0.29, 0.717) is 11.8 Å². The summed E-state index contributed by atoms with van der Waals surface area (Å²) in [5.74, 6) is 1.43. The highest BCUT2D eigenvalue weighted by atomic mass is 28.3. The number of benzene rings is 1. The molecule has 3 atom stereocenters. The summed E-state index contributed by atoms with van der Waals surface area (Å²) < 4.78 is 3.17. The van der Waals surface area contributed by atoms with Gasteiger partial charge in [0, 0.05) is 17.0 Å². The van der Waals surface area contributed by atoms with Crippen LogP contribution in [0.25, 0.3) is 5.57 Å². The van der Waals surface area contributed by atoms with Gasteiger partial charge >= 0.3 is 0 Å². The lowest BCUT2D eigenvalue weighted by Crippen LogP contribution is -2.64. The van der Waals surface area contributed by atoms with Crippen molar-refractivity contribution in [2.24, 2.45) is 11.8 Å². The van der Waals surface area contributed by atoms with Crippen molar-refractivity contribution in [3.8, 4) is 0 Å². The Bertz CT molecular complexity index is 1330. The van der Waals surface area contributed by atoms with Gasteiger partial charge in [0.05, 0.1) is 0 Å². The Balaban J connectivity index is 1.49. The van der Waals surface area contributed by atoms with E-state index in [1.54, 1.807) is 33.4 Å². The monoisotopic (exact) mass is 642 g/mol. The third-order valence-electron chi connectivity index (χ3n) is 14.2. The Morgan fingerprint density at radius 3 is 1.91 bits per heavy atom. The molecule has 0 spiro atoms. The van der Waals surface area contributed by atoms with Crippen molar-refractivity contribution in [3.63, 3.8) is 0 Å². The van der Waals surface area contributed by atoms with Gasteiger partial charge in [-0.2, -0.15) is 0 Å². The summed E-state index contributed by atoms with van der Waals surface area (Å²) in [4.78, 5) is 0. The summed E-state index contributed by atoms with van der Waals surface area (Å²) in [6, 6.07) is 6.34. The zero-order valence-electron chi connectivity index (χ0n) is 32.2. The third-order valence-corrected chi connectivity index (χ3v) is 19.0. The van der Waals surface area contributed by atoms with E-state index in [9.17, 15) is 0 Å². The molecule has 46 heavy (non-hydrogen) atoms. The van der Waals surface area contributed by atoms with Crippen LogP contribution in [-0.2, 0) is 16.2 Å². The molecule has 1 aromatic rings. The highest BCUT2D eigenvalue weighted by Gasteiger charge is 2.55. The molecule has 0 amide bonds. The average molecular weight is 642 g/mol. The molecule has 2 heteroatoms. The molecule has 5 aliphatic rings. The standard InChI is InChI=1S/C44H71NSi/c1-12-14-23-44(24-15-13-2)36-28-33-31(21-22-40(33)46(10,11)45(41(3,4)5)32-19-17-16-18-20-32)27-34(36)35-29-38-39(30-37(35)44)43(8,9)26-25-42(38,6)7/h27-33,40H,12-26H2,1-11H3. The average Bonchev–Trinajstić information content (AvgIpc) is 3.53. The van der Waals surface area contributed by atoms with Crippen molar-refractivity contribution in [1.29, 1.82) is 0 Å². The van der Waals surface area contributed by atoms with E-state index in [1.807, 2.05) is 0 Å². The van der Waals surface area contributed by atoms with Gasteiger partial charge in [0.25, 0.3) is 0 Å². The first-order valence-electron chi connectivity index (χ1n) is 20.0. The lowest BCUT2D eigenvalue weighted by Gasteiger charge is -2.55. The van der Waals surface area contributed by atoms with Gasteiger partial charge in [-0.15, -0.1) is 0 Å². The second-order valence-electron chi connectivity index (χ2n) is 19.6. The molecule has 1 nitrogen and oxygen atoms in total. The lowest BCUT2D eigenvalue weighted by atomic mass is 9.61. The maximum absolute atomic E-state index is 3.17. The summed E-state index contributed by atoms with van der Waals surface area (Å²) in [6.07, 6.45) is 26.3. The Kier molecular flexibility index (Phi) is 9.31. The normalized spacial score (nSPS) is 28.3. The first-order chi connectivity index (χ1) is 21.6. The van der Waals surface area contributed by atoms with Crippen LogP contribution in [0.1, 0.15) is 181 Å². The van der Waals surface area contributed by atoms with E-state index >= 15 is 0 Å². The van der Waals surface area contributed by atoms with Crippen LogP contribution in [0.2, 0.25) is 18.6 Å². The van der Waals surface area contributed by atoms with Crippen molar-refractivity contribution in [3.05, 3.63) is 52.1 Å². The van der Waals surface area contributed by atoms with E-state index in [4.69, 9.17) is 0 Å². The van der Waals surface area contributed by atoms with Gasteiger partial charge in [-0.25, -0.2) is 0 Å². The molecule has 3 unspecified atom stereocenters. The smallest absolute Gasteiger partial charge is 0.126 e. The molecule has 0 bridgehead atoms. The van der Waals surface area contributed by atoms with Crippen molar-refractivity contribution in [2.75, 3.05) is 0 Å². The molecule has 2 fully saturated rings. The summed E-state index contributed by atoms with van der Waals surface area (Å²) in [5.41, 5.74) is 11.9. The summed E-state index contributed by atoms with van der Waals surface area (Å²) >= 11 is 0. The molecular weight excluding hydrogens is 571 g/mol. The van der Waals surface area contributed by atoms with E-state index in [1.165, 1.54) is 96.3 Å². The van der Waals surface area contributed by atoms with Gasteiger partial charge in [-0.3, -0.25) is 0 Å². The van der Waals surface area contributed by atoms with Gasteiger partial charge in [0.2, 0.25) is 0 Å². The second-order valence-corrected chi connectivity index (χ2v) is 24.1. The van der Waals surface area contributed by atoms with Crippen LogP contribution in [0.15, 0.2) is 29.9 Å². The molecule has 0 N–H and O–H groups in total. The zero-order chi connectivity index (χ0) is 33.3. The molecule has 256 valence electrons. The van der Waals surface area contributed by atoms with Gasteiger partial charge in [-0.1, -0.05) is 130 Å². The van der Waals surface area contributed by atoms with E-state index in [0.717, 1.165) is 11.6 Å². The molecule has 0 radical (unpaired) electrons. The number of nitrogens with zero attached hydrogens (tertiary/aromatic N) is 1. The Labute approximate surface area is 286 Å². The van der Waals surface area contributed by atoms with Gasteiger partial charge in [0.1, 0.15) is 8.24 Å². The van der Waals surface area contributed by atoms with Crippen molar-refractivity contribution in [2.45, 2.75) is 205 Å². The van der Waals surface area contributed by atoms with E-state index in [-0.39, 0.29) is 21.8 Å². The fourth-order valence-electron chi connectivity index (χ4n) is 12.0. The first kappa shape index (κ1) is 34.7. The first-order valence-corrected chi connectivity index (χ1v) is 23.0. The van der Waals surface area contributed by atoms with Crippen LogP contribution in [0.5, 0.6) is 0 Å². The van der Waals surface area contributed by atoms with Crippen LogP contribution in [0, 0.1) is 11.8 Å². The fraction of sp³-hybridized carbons (Fsp3) is 0.773. The zero-order valence-corrected chi connectivity index (χ0v) is 33.2. The van der Waals surface area contributed by atoms with Crippen molar-refractivity contribution < 1.29 is 0 Å². The maximum atomic E-state index is 3.17. The number of hydrogen-bond acceptors (Lipinski definition) is 1. The quantitative estimate of drug-likeness (QED) is 0.243. The molecule has 0 heterocycles. The number of rotatable bonds is 9. The molecule has 0 aromatic heterocycles. The third kappa shape index (κ3) is 5.70. The second kappa shape index (κ2) is 12.3. The lowest BCUT2D eigenvalue weighted by molar-refractivity contribution is 0.140. The Morgan fingerprint density at radius 1 is 0.761 bits per heavy atom. The topological polar surface area (TPSA) is 3.24 Å². The van der Waals surface area contributed by atoms with Crippen molar-refractivity contribution >= 4 is 13.8 Å². The van der Waals surface area contributed by atoms with Gasteiger partial charge < -0.3 is 4.57 Å². The molecule has 2 saturated carbocycles. The van der Waals surface area contributed by atoms with E-state index < -0.39 is 8.24 Å². The van der Waals surface area contributed by atoms with Crippen LogP contribution in [0.4, 0.5) is 0 Å². The predicted octanol–water partition coefficient (Wildman–Crippen LogP) is 13.0. The minimum Gasteiger partial charge on any atom is -0.316 e. The number of allylic oxidation sites excluding steroid dienone is 4. The summed E-state index contributed by atoms with van der Waals surface area (Å²) in [7, 11) is -1.75. The number of unbranched alkanes of at least 4 members (excludes halogenated alkanes) is 2. The summed E-state index contributed by atoms with van der Waals surface area (Å²) in [5, 5.41) is 0. The maximum Gasteiger partial charge on any atom is 0.126 e. The number of hydrogen-bond donors (Lipinski definition) is 0. The van der Waals surface area contributed by atoms with Crippen molar-refractivity contribution in [1.82, 2.24) is 4.57 Å². The summed E-state index contributed by atoms with van der Waals surface area (Å²) in [6.45, 7) is 28.1. The SMILES string of the molecule is CCCCC1(CCCC)C2=CC3C(C=C2c2cc4c(cc21)C(C)(C)CCC4(C)C)CCC3[Si](C)(C)N(C1CCCCC1)C(C)(C)C. The number of fused-ring (bicyclic) bond motifs is 5. The molecule has 1 aromatic carbocycles. The molecule has 0 saturated heterocycles. The molecular formula is C44H71NSi. The van der Waals surface area contributed by atoms with Crippen LogP contribution in [0.3, 0.4) is 0 Å². The highest BCUT2D eigenvalue weighted by molar-refractivity contribution is 6.76. The minimum atomic E-state index is -1.75. The minimum absolute atomic E-state index is 0.191. The predicted molar refractivity (Wildman–Crippen MR) is 204 cm³/mol. The van der Waals surface area contributed by atoms with Crippen LogP contribution in [-0.4, -0.2) is 24.4 Å². The van der Waals surface area contributed by atoms with Crippen LogP contribution >= 0.6 is 0 Å². The molecule has 6 rings (SSSR count). The van der Waals surface area contributed by atoms with Gasteiger partial charge in [-0.05, 0) is 127 Å². The largest absolute Gasteiger partial charge is 0.316 e.